The van der Waals surface area contributed by atoms with E-state index in [9.17, 15) is 5.11 Å². The Morgan fingerprint density at radius 3 is 2.67 bits per heavy atom. The Hall–Kier alpha value is -2.78. The Labute approximate surface area is 162 Å². The van der Waals surface area contributed by atoms with Gasteiger partial charge in [0.15, 0.2) is 5.11 Å². The van der Waals surface area contributed by atoms with Crippen molar-refractivity contribution in [1.29, 1.82) is 0 Å². The monoisotopic (exact) mass is 383 g/mol. The molecule has 0 unspecified atom stereocenters. The van der Waals surface area contributed by atoms with Gasteiger partial charge in [-0.25, -0.2) is 4.68 Å². The second kappa shape index (κ2) is 7.09. The normalized spacial score (nSPS) is 19.5. The molecule has 0 aromatic carbocycles. The van der Waals surface area contributed by atoms with Crippen LogP contribution in [0.5, 0.6) is 0 Å². The summed E-state index contributed by atoms with van der Waals surface area (Å²) in [7, 11) is 0. The van der Waals surface area contributed by atoms with Crippen LogP contribution in [0.25, 0.3) is 0 Å². The Kier molecular flexibility index (Phi) is 4.63. The lowest BCUT2D eigenvalue weighted by Gasteiger charge is -2.27. The summed E-state index contributed by atoms with van der Waals surface area (Å²) < 4.78 is 3.91. The van der Waals surface area contributed by atoms with Crippen LogP contribution < -0.4 is 5.32 Å². The SMILES string of the molecule is Cc1cc([C@H]2[C@H](c3ccccn3)NC(=S)N2CCO)c(C)n1-n1cnnc1. The maximum absolute atomic E-state index is 9.57. The smallest absolute Gasteiger partial charge is 0.170 e. The van der Waals surface area contributed by atoms with Crippen LogP contribution in [-0.4, -0.2) is 52.8 Å². The minimum Gasteiger partial charge on any atom is -0.395 e. The van der Waals surface area contributed by atoms with Crippen molar-refractivity contribution in [2.45, 2.75) is 25.9 Å². The molecule has 2 atom stereocenters. The summed E-state index contributed by atoms with van der Waals surface area (Å²) >= 11 is 5.57. The van der Waals surface area contributed by atoms with Crippen molar-refractivity contribution in [2.24, 2.45) is 0 Å². The van der Waals surface area contributed by atoms with Crippen molar-refractivity contribution < 1.29 is 5.11 Å². The number of aryl methyl sites for hydroxylation is 1. The molecule has 1 saturated heterocycles. The predicted octanol–water partition coefficient (Wildman–Crippen LogP) is 1.37. The summed E-state index contributed by atoms with van der Waals surface area (Å²) in [4.78, 5) is 6.57. The highest BCUT2D eigenvalue weighted by molar-refractivity contribution is 7.80. The molecule has 0 radical (unpaired) electrons. The molecule has 9 heteroatoms. The topological polar surface area (TPSA) is 84.0 Å². The minimum atomic E-state index is -0.0971. The first kappa shape index (κ1) is 17.6. The van der Waals surface area contributed by atoms with Crippen LogP contribution in [0.3, 0.4) is 0 Å². The van der Waals surface area contributed by atoms with Gasteiger partial charge in [-0.2, -0.15) is 0 Å². The third-order valence-corrected chi connectivity index (χ3v) is 5.28. The van der Waals surface area contributed by atoms with Gasteiger partial charge in [-0.05, 0) is 44.3 Å². The Bertz CT molecular complexity index is 938. The van der Waals surface area contributed by atoms with E-state index in [4.69, 9.17) is 12.2 Å². The van der Waals surface area contributed by atoms with E-state index in [2.05, 4.69) is 38.2 Å². The maximum Gasteiger partial charge on any atom is 0.170 e. The Morgan fingerprint density at radius 1 is 1.22 bits per heavy atom. The molecule has 27 heavy (non-hydrogen) atoms. The molecule has 1 aliphatic heterocycles. The third-order valence-electron chi connectivity index (χ3n) is 4.93. The molecule has 1 aliphatic rings. The summed E-state index contributed by atoms with van der Waals surface area (Å²) in [5.41, 5.74) is 4.16. The van der Waals surface area contributed by atoms with E-state index in [0.29, 0.717) is 11.7 Å². The first-order valence-electron chi connectivity index (χ1n) is 8.75. The highest BCUT2D eigenvalue weighted by atomic mass is 32.1. The lowest BCUT2D eigenvalue weighted by molar-refractivity contribution is 0.222. The number of nitrogens with one attached hydrogen (secondary N) is 1. The molecule has 4 heterocycles. The van der Waals surface area contributed by atoms with Crippen LogP contribution in [0.4, 0.5) is 0 Å². The molecule has 3 aromatic heterocycles. The summed E-state index contributed by atoms with van der Waals surface area (Å²) in [6, 6.07) is 7.84. The molecule has 4 rings (SSSR count). The van der Waals surface area contributed by atoms with Gasteiger partial charge in [0.2, 0.25) is 0 Å². The fourth-order valence-electron chi connectivity index (χ4n) is 3.82. The van der Waals surface area contributed by atoms with Gasteiger partial charge in [-0.1, -0.05) is 6.07 Å². The van der Waals surface area contributed by atoms with Crippen LogP contribution in [0.2, 0.25) is 0 Å². The fourth-order valence-corrected chi connectivity index (χ4v) is 4.16. The summed E-state index contributed by atoms with van der Waals surface area (Å²) in [6.45, 7) is 4.59. The van der Waals surface area contributed by atoms with E-state index in [1.807, 2.05) is 34.7 Å². The molecule has 8 nitrogen and oxygen atoms in total. The van der Waals surface area contributed by atoms with Crippen LogP contribution in [0.1, 0.15) is 34.7 Å². The molecule has 2 N–H and O–H groups in total. The average Bonchev–Trinajstić information content (AvgIpc) is 3.36. The van der Waals surface area contributed by atoms with Gasteiger partial charge in [0.05, 0.1) is 24.4 Å². The zero-order valence-corrected chi connectivity index (χ0v) is 16.0. The number of aliphatic hydroxyl groups excluding tert-OH is 1. The van der Waals surface area contributed by atoms with Crippen LogP contribution >= 0.6 is 12.2 Å². The quantitative estimate of drug-likeness (QED) is 0.644. The van der Waals surface area contributed by atoms with Crippen molar-refractivity contribution in [3.05, 3.63) is 65.8 Å². The Balaban J connectivity index is 1.83. The van der Waals surface area contributed by atoms with Gasteiger partial charge in [-0.3, -0.25) is 9.66 Å². The number of hydrogen-bond acceptors (Lipinski definition) is 5. The molecule has 0 bridgehead atoms. The summed E-state index contributed by atoms with van der Waals surface area (Å²) in [5.74, 6) is 0. The lowest BCUT2D eigenvalue weighted by Crippen LogP contribution is -2.32. The minimum absolute atomic E-state index is 0.0252. The first-order chi connectivity index (χ1) is 13.1. The van der Waals surface area contributed by atoms with E-state index in [1.54, 1.807) is 18.9 Å². The molecule has 1 fully saturated rings. The van der Waals surface area contributed by atoms with Gasteiger partial charge in [0.25, 0.3) is 0 Å². The van der Waals surface area contributed by atoms with E-state index in [1.165, 1.54) is 0 Å². The fraction of sp³-hybridized carbons (Fsp3) is 0.333. The third kappa shape index (κ3) is 2.98. The number of β-amino-alcohol motifs (C(OH)–C–C–N with tert-alkyl or cyclic N) is 1. The largest absolute Gasteiger partial charge is 0.395 e. The molecular weight excluding hydrogens is 362 g/mol. The highest BCUT2D eigenvalue weighted by Crippen LogP contribution is 2.40. The van der Waals surface area contributed by atoms with Gasteiger partial charge in [-0.15, -0.1) is 10.2 Å². The first-order valence-corrected chi connectivity index (χ1v) is 9.15. The van der Waals surface area contributed by atoms with Crippen molar-refractivity contribution >= 4 is 17.3 Å². The number of rotatable bonds is 5. The number of nitrogens with zero attached hydrogens (tertiary/aromatic N) is 6. The van der Waals surface area contributed by atoms with Crippen LogP contribution in [0.15, 0.2) is 43.1 Å². The van der Waals surface area contributed by atoms with Crippen molar-refractivity contribution in [1.82, 2.24) is 34.8 Å². The predicted molar refractivity (Wildman–Crippen MR) is 104 cm³/mol. The number of thiocarbonyl (C=S) groups is 1. The zero-order chi connectivity index (χ0) is 19.0. The number of hydrogen-bond donors (Lipinski definition) is 2. The van der Waals surface area contributed by atoms with E-state index in [-0.39, 0.29) is 18.7 Å². The molecule has 3 aromatic rings. The summed E-state index contributed by atoms with van der Waals surface area (Å²) in [5, 5.41) is 21.4. The van der Waals surface area contributed by atoms with Crippen molar-refractivity contribution in [3.63, 3.8) is 0 Å². The van der Waals surface area contributed by atoms with E-state index >= 15 is 0 Å². The number of pyridine rings is 1. The molecule has 0 amide bonds. The second-order valence-electron chi connectivity index (χ2n) is 6.52. The van der Waals surface area contributed by atoms with Gasteiger partial charge >= 0.3 is 0 Å². The number of aliphatic hydroxyl groups is 1. The lowest BCUT2D eigenvalue weighted by atomic mass is 9.97. The van der Waals surface area contributed by atoms with Crippen LogP contribution in [0, 0.1) is 13.8 Å². The van der Waals surface area contributed by atoms with Crippen molar-refractivity contribution in [3.8, 4) is 0 Å². The highest BCUT2D eigenvalue weighted by Gasteiger charge is 2.41. The second-order valence-corrected chi connectivity index (χ2v) is 6.91. The van der Waals surface area contributed by atoms with Gasteiger partial charge in [0, 0.05) is 29.7 Å². The number of aromatic nitrogens is 5. The standard InChI is InChI=1S/C18H21N7OS/c1-12-9-14(13(2)25(12)23-10-20-21-11-23)17-16(15-5-3-4-6-19-15)22-18(27)24(17)7-8-26/h3-6,9-11,16-17,26H,7-8H2,1-2H3,(H,22,27)/t16-,17-/m0/s1. The Morgan fingerprint density at radius 2 is 2.00 bits per heavy atom. The maximum atomic E-state index is 9.57. The van der Waals surface area contributed by atoms with E-state index < -0.39 is 0 Å². The molecule has 0 aliphatic carbocycles. The molecule has 0 spiro atoms. The van der Waals surface area contributed by atoms with Crippen LogP contribution in [-0.2, 0) is 0 Å². The van der Waals surface area contributed by atoms with Gasteiger partial charge in [0.1, 0.15) is 12.7 Å². The zero-order valence-electron chi connectivity index (χ0n) is 15.1. The van der Waals surface area contributed by atoms with Gasteiger partial charge < -0.3 is 15.3 Å². The summed E-state index contributed by atoms with van der Waals surface area (Å²) in [6.07, 6.45) is 5.12. The average molecular weight is 383 g/mol. The van der Waals surface area contributed by atoms with Crippen molar-refractivity contribution in [2.75, 3.05) is 13.2 Å². The molecular formula is C18H21N7OS. The molecule has 140 valence electrons. The molecule has 0 saturated carbocycles. The van der Waals surface area contributed by atoms with E-state index in [0.717, 1.165) is 22.6 Å².